The summed E-state index contributed by atoms with van der Waals surface area (Å²) in [7, 11) is 1.51. The average Bonchev–Trinajstić information content (AvgIpc) is 2.82. The van der Waals surface area contributed by atoms with Gasteiger partial charge in [-0.3, -0.25) is 0 Å². The third kappa shape index (κ3) is 2.18. The maximum atomic E-state index is 14.1. The summed E-state index contributed by atoms with van der Waals surface area (Å²) >= 11 is 3.44. The van der Waals surface area contributed by atoms with Crippen LogP contribution < -0.4 is 4.74 Å². The summed E-state index contributed by atoms with van der Waals surface area (Å²) in [5.74, 6) is 0.641. The fraction of sp³-hybridized carbons (Fsp3) is 0.133. The zero-order valence-electron chi connectivity index (χ0n) is 11.0. The highest BCUT2D eigenvalue weighted by Gasteiger charge is 2.12. The number of methoxy groups -OCH3 is 1. The smallest absolute Gasteiger partial charge is 0.141 e. The van der Waals surface area contributed by atoms with Crippen molar-refractivity contribution in [3.8, 4) is 17.1 Å². The Hall–Kier alpha value is -1.88. The summed E-state index contributed by atoms with van der Waals surface area (Å²) in [4.78, 5) is 7.63. The predicted molar refractivity (Wildman–Crippen MR) is 80.5 cm³/mol. The number of halogens is 2. The lowest BCUT2D eigenvalue weighted by atomic mass is 10.2. The number of aryl methyl sites for hydroxylation is 1. The Morgan fingerprint density at radius 1 is 1.25 bits per heavy atom. The van der Waals surface area contributed by atoms with E-state index in [1.54, 1.807) is 12.1 Å². The van der Waals surface area contributed by atoms with Crippen LogP contribution in [0.25, 0.3) is 22.4 Å². The second-order valence-electron chi connectivity index (χ2n) is 4.55. The van der Waals surface area contributed by atoms with Crippen LogP contribution in [0.4, 0.5) is 4.39 Å². The molecule has 3 rings (SSSR count). The SMILES string of the molecule is COc1ccc(-c2nc3c(C)cc(Br)cc3[nH]2)c(F)c1. The van der Waals surface area contributed by atoms with E-state index in [4.69, 9.17) is 4.74 Å². The zero-order chi connectivity index (χ0) is 14.3. The molecule has 0 bridgehead atoms. The fourth-order valence-electron chi connectivity index (χ4n) is 2.19. The first-order valence-electron chi connectivity index (χ1n) is 6.08. The monoisotopic (exact) mass is 334 g/mol. The van der Waals surface area contributed by atoms with Crippen molar-refractivity contribution in [1.82, 2.24) is 9.97 Å². The normalized spacial score (nSPS) is 11.0. The molecule has 0 aliphatic heterocycles. The molecule has 102 valence electrons. The van der Waals surface area contributed by atoms with Gasteiger partial charge in [0.15, 0.2) is 0 Å². The minimum atomic E-state index is -0.361. The van der Waals surface area contributed by atoms with Crippen molar-refractivity contribution in [3.05, 3.63) is 46.2 Å². The van der Waals surface area contributed by atoms with Crippen LogP contribution in [-0.2, 0) is 0 Å². The van der Waals surface area contributed by atoms with Gasteiger partial charge in [0.05, 0.1) is 23.7 Å². The van der Waals surface area contributed by atoms with Crippen LogP contribution in [0.5, 0.6) is 5.75 Å². The van der Waals surface area contributed by atoms with Crippen LogP contribution in [0.3, 0.4) is 0 Å². The number of rotatable bonds is 2. The lowest BCUT2D eigenvalue weighted by Gasteiger charge is -2.02. The first kappa shape index (κ1) is 13.1. The van der Waals surface area contributed by atoms with Gasteiger partial charge in [-0.05, 0) is 36.8 Å². The van der Waals surface area contributed by atoms with Crippen molar-refractivity contribution in [2.45, 2.75) is 6.92 Å². The fourth-order valence-corrected chi connectivity index (χ4v) is 2.76. The molecule has 0 saturated carbocycles. The van der Waals surface area contributed by atoms with Gasteiger partial charge in [0.1, 0.15) is 17.4 Å². The molecule has 0 saturated heterocycles. The standard InChI is InChI=1S/C15H12BrFN2O/c1-8-5-9(16)6-13-14(8)19-15(18-13)11-4-3-10(20-2)7-12(11)17/h3-7H,1-2H3,(H,18,19). The summed E-state index contributed by atoms with van der Waals surface area (Å²) in [6, 6.07) is 8.65. The van der Waals surface area contributed by atoms with Gasteiger partial charge < -0.3 is 9.72 Å². The Labute approximate surface area is 123 Å². The third-order valence-corrected chi connectivity index (χ3v) is 3.63. The van der Waals surface area contributed by atoms with Gasteiger partial charge in [0.25, 0.3) is 0 Å². The highest BCUT2D eigenvalue weighted by molar-refractivity contribution is 9.10. The highest BCUT2D eigenvalue weighted by atomic mass is 79.9. The number of ether oxygens (including phenoxy) is 1. The van der Waals surface area contributed by atoms with Gasteiger partial charge in [-0.2, -0.15) is 0 Å². The lowest BCUT2D eigenvalue weighted by molar-refractivity contribution is 0.411. The van der Waals surface area contributed by atoms with Crippen LogP contribution in [0.2, 0.25) is 0 Å². The molecule has 2 aromatic carbocycles. The zero-order valence-corrected chi connectivity index (χ0v) is 12.6. The molecular formula is C15H12BrFN2O. The van der Waals surface area contributed by atoms with Crippen LogP contribution in [0, 0.1) is 12.7 Å². The number of aromatic nitrogens is 2. The molecule has 3 nitrogen and oxygen atoms in total. The molecule has 0 amide bonds. The van der Waals surface area contributed by atoms with Gasteiger partial charge in [-0.1, -0.05) is 15.9 Å². The maximum absolute atomic E-state index is 14.1. The maximum Gasteiger partial charge on any atom is 0.141 e. The minimum absolute atomic E-state index is 0.361. The van der Waals surface area contributed by atoms with Crippen molar-refractivity contribution in [2.24, 2.45) is 0 Å². The molecule has 0 aliphatic carbocycles. The molecule has 0 spiro atoms. The van der Waals surface area contributed by atoms with Gasteiger partial charge in [-0.15, -0.1) is 0 Å². The topological polar surface area (TPSA) is 37.9 Å². The molecule has 1 heterocycles. The van der Waals surface area contributed by atoms with Crippen LogP contribution in [0.1, 0.15) is 5.56 Å². The van der Waals surface area contributed by atoms with Crippen molar-refractivity contribution >= 4 is 27.0 Å². The van der Waals surface area contributed by atoms with E-state index in [1.807, 2.05) is 19.1 Å². The van der Waals surface area contributed by atoms with Crippen molar-refractivity contribution in [2.75, 3.05) is 7.11 Å². The Kier molecular flexibility index (Phi) is 3.22. The molecule has 5 heteroatoms. The Bertz CT molecular complexity index is 798. The van der Waals surface area contributed by atoms with E-state index in [0.717, 1.165) is 21.1 Å². The number of hydrogen-bond donors (Lipinski definition) is 1. The largest absolute Gasteiger partial charge is 0.497 e. The van der Waals surface area contributed by atoms with Crippen LogP contribution >= 0.6 is 15.9 Å². The number of H-pyrrole nitrogens is 1. The number of imidazole rings is 1. The number of aromatic amines is 1. The quantitative estimate of drug-likeness (QED) is 0.751. The lowest BCUT2D eigenvalue weighted by Crippen LogP contribution is -1.89. The number of nitrogens with zero attached hydrogens (tertiary/aromatic N) is 1. The Morgan fingerprint density at radius 2 is 2.05 bits per heavy atom. The van der Waals surface area contributed by atoms with Crippen molar-refractivity contribution in [3.63, 3.8) is 0 Å². The van der Waals surface area contributed by atoms with E-state index in [0.29, 0.717) is 17.1 Å². The van der Waals surface area contributed by atoms with Gasteiger partial charge >= 0.3 is 0 Å². The van der Waals surface area contributed by atoms with E-state index < -0.39 is 0 Å². The summed E-state index contributed by atoms with van der Waals surface area (Å²) in [5.41, 5.74) is 3.18. The minimum Gasteiger partial charge on any atom is -0.497 e. The summed E-state index contributed by atoms with van der Waals surface area (Å²) in [6.45, 7) is 1.97. The molecule has 1 aromatic heterocycles. The molecular weight excluding hydrogens is 323 g/mol. The first-order valence-corrected chi connectivity index (χ1v) is 6.87. The van der Waals surface area contributed by atoms with Crippen LogP contribution in [-0.4, -0.2) is 17.1 Å². The average molecular weight is 335 g/mol. The molecule has 1 N–H and O–H groups in total. The summed E-state index contributed by atoms with van der Waals surface area (Å²) < 4.78 is 20.1. The molecule has 0 unspecified atom stereocenters. The van der Waals surface area contributed by atoms with Gasteiger partial charge in [0, 0.05) is 10.5 Å². The first-order chi connectivity index (χ1) is 9.58. The molecule has 0 fully saturated rings. The van der Waals surface area contributed by atoms with Crippen molar-refractivity contribution in [1.29, 1.82) is 0 Å². The van der Waals surface area contributed by atoms with E-state index in [2.05, 4.69) is 25.9 Å². The molecule has 0 radical (unpaired) electrons. The molecule has 0 atom stereocenters. The Morgan fingerprint density at radius 3 is 2.75 bits per heavy atom. The highest BCUT2D eigenvalue weighted by Crippen LogP contribution is 2.28. The summed E-state index contributed by atoms with van der Waals surface area (Å²) in [6.07, 6.45) is 0. The number of fused-ring (bicyclic) bond motifs is 1. The number of nitrogens with one attached hydrogen (secondary N) is 1. The molecule has 3 aromatic rings. The molecule has 0 aliphatic rings. The molecule has 20 heavy (non-hydrogen) atoms. The van der Waals surface area contributed by atoms with E-state index >= 15 is 0 Å². The van der Waals surface area contributed by atoms with E-state index in [1.165, 1.54) is 13.2 Å². The second kappa shape index (κ2) is 4.90. The number of hydrogen-bond acceptors (Lipinski definition) is 2. The van der Waals surface area contributed by atoms with Crippen LogP contribution in [0.15, 0.2) is 34.8 Å². The number of benzene rings is 2. The second-order valence-corrected chi connectivity index (χ2v) is 5.47. The predicted octanol–water partition coefficient (Wildman–Crippen LogP) is 4.45. The van der Waals surface area contributed by atoms with Crippen molar-refractivity contribution < 1.29 is 9.13 Å². The van der Waals surface area contributed by atoms with E-state index in [-0.39, 0.29) is 5.82 Å². The van der Waals surface area contributed by atoms with Gasteiger partial charge in [0.2, 0.25) is 0 Å². The summed E-state index contributed by atoms with van der Waals surface area (Å²) in [5, 5.41) is 0. The Balaban J connectivity index is 2.17. The van der Waals surface area contributed by atoms with Gasteiger partial charge in [-0.25, -0.2) is 9.37 Å². The third-order valence-electron chi connectivity index (χ3n) is 3.17. The van der Waals surface area contributed by atoms with E-state index in [9.17, 15) is 4.39 Å².